The van der Waals surface area contributed by atoms with Gasteiger partial charge in [-0.15, -0.1) is 0 Å². The minimum absolute atomic E-state index is 0.119. The molecular formula is C14H26O4. The van der Waals surface area contributed by atoms with Gasteiger partial charge < -0.3 is 9.47 Å². The molecule has 0 amide bonds. The van der Waals surface area contributed by atoms with Gasteiger partial charge in [-0.25, -0.2) is 0 Å². The van der Waals surface area contributed by atoms with Crippen LogP contribution in [0.1, 0.15) is 54.9 Å². The van der Waals surface area contributed by atoms with Crippen LogP contribution in [0.2, 0.25) is 0 Å². The van der Waals surface area contributed by atoms with E-state index in [1.54, 1.807) is 41.5 Å². The Bertz CT molecular complexity index is 294. The average molecular weight is 258 g/mol. The van der Waals surface area contributed by atoms with Gasteiger partial charge in [0, 0.05) is 0 Å². The molecule has 0 radical (unpaired) electrons. The molecule has 106 valence electrons. The highest BCUT2D eigenvalue weighted by Crippen LogP contribution is 2.19. The van der Waals surface area contributed by atoms with E-state index in [2.05, 4.69) is 0 Å². The van der Waals surface area contributed by atoms with Crippen LogP contribution in [0.15, 0.2) is 0 Å². The van der Waals surface area contributed by atoms with Crippen molar-refractivity contribution in [3.05, 3.63) is 0 Å². The van der Waals surface area contributed by atoms with Gasteiger partial charge in [0.2, 0.25) is 0 Å². The molecule has 0 N–H and O–H groups in total. The summed E-state index contributed by atoms with van der Waals surface area (Å²) in [6.45, 7) is 12.8. The number of rotatable bonds is 4. The third-order valence-electron chi connectivity index (χ3n) is 2.35. The van der Waals surface area contributed by atoms with Gasteiger partial charge in [-0.3, -0.25) is 9.59 Å². The third-order valence-corrected chi connectivity index (χ3v) is 2.35. The summed E-state index contributed by atoms with van der Waals surface area (Å²) >= 11 is 0. The van der Waals surface area contributed by atoms with Crippen molar-refractivity contribution in [2.24, 2.45) is 10.8 Å². The molecule has 0 fully saturated rings. The van der Waals surface area contributed by atoms with E-state index in [9.17, 15) is 9.59 Å². The highest BCUT2D eigenvalue weighted by Gasteiger charge is 2.28. The molecule has 0 aliphatic rings. The Morgan fingerprint density at radius 1 is 0.944 bits per heavy atom. The van der Waals surface area contributed by atoms with Crippen LogP contribution in [-0.2, 0) is 19.1 Å². The summed E-state index contributed by atoms with van der Waals surface area (Å²) in [5, 5.41) is 0. The van der Waals surface area contributed by atoms with Gasteiger partial charge >= 0.3 is 11.9 Å². The Morgan fingerprint density at radius 2 is 1.39 bits per heavy atom. The fourth-order valence-electron chi connectivity index (χ4n) is 0.948. The second kappa shape index (κ2) is 6.21. The van der Waals surface area contributed by atoms with Crippen LogP contribution in [0.4, 0.5) is 0 Å². The largest absolute Gasteiger partial charge is 0.461 e. The van der Waals surface area contributed by atoms with Crippen molar-refractivity contribution >= 4 is 11.9 Å². The summed E-state index contributed by atoms with van der Waals surface area (Å²) < 4.78 is 10.5. The van der Waals surface area contributed by atoms with Crippen molar-refractivity contribution in [2.45, 2.75) is 61.0 Å². The second-order valence-corrected chi connectivity index (χ2v) is 6.53. The zero-order valence-corrected chi connectivity index (χ0v) is 12.6. The van der Waals surface area contributed by atoms with Gasteiger partial charge in [-0.2, -0.15) is 0 Å². The van der Waals surface area contributed by atoms with E-state index < -0.39 is 10.8 Å². The fraction of sp³-hybridized carbons (Fsp3) is 0.857. The Labute approximate surface area is 110 Å². The molecule has 0 aromatic carbocycles. The molecule has 0 heterocycles. The third kappa shape index (κ3) is 6.03. The molecule has 4 heteroatoms. The Balaban J connectivity index is 4.30. The zero-order valence-electron chi connectivity index (χ0n) is 12.6. The molecule has 1 unspecified atom stereocenters. The predicted molar refractivity (Wildman–Crippen MR) is 70.0 cm³/mol. The van der Waals surface area contributed by atoms with Crippen LogP contribution in [0.3, 0.4) is 0 Å². The maximum Gasteiger partial charge on any atom is 0.311 e. The lowest BCUT2D eigenvalue weighted by atomic mass is 9.97. The van der Waals surface area contributed by atoms with Crippen LogP contribution in [0, 0.1) is 10.8 Å². The monoisotopic (exact) mass is 258 g/mol. The SMILES string of the molecule is CCC(COC(=O)C(C)(C)C)OC(=O)C(C)(C)C. The summed E-state index contributed by atoms with van der Waals surface area (Å²) in [6, 6.07) is 0. The quantitative estimate of drug-likeness (QED) is 0.727. The summed E-state index contributed by atoms with van der Waals surface area (Å²) in [4.78, 5) is 23.3. The second-order valence-electron chi connectivity index (χ2n) is 6.53. The highest BCUT2D eigenvalue weighted by molar-refractivity contribution is 5.76. The predicted octanol–water partition coefficient (Wildman–Crippen LogP) is 2.94. The van der Waals surface area contributed by atoms with E-state index >= 15 is 0 Å². The Morgan fingerprint density at radius 3 is 1.72 bits per heavy atom. The molecule has 0 rings (SSSR count). The molecule has 18 heavy (non-hydrogen) atoms. The smallest absolute Gasteiger partial charge is 0.311 e. The van der Waals surface area contributed by atoms with Crippen LogP contribution in [0.5, 0.6) is 0 Å². The number of hydrogen-bond acceptors (Lipinski definition) is 4. The summed E-state index contributed by atoms with van der Waals surface area (Å²) in [7, 11) is 0. The van der Waals surface area contributed by atoms with Gasteiger partial charge in [0.05, 0.1) is 10.8 Å². The number of esters is 2. The fourth-order valence-corrected chi connectivity index (χ4v) is 0.948. The molecule has 1 atom stereocenters. The zero-order chi connectivity index (χ0) is 14.6. The van der Waals surface area contributed by atoms with Gasteiger partial charge in [-0.05, 0) is 48.0 Å². The van der Waals surface area contributed by atoms with Gasteiger partial charge in [0.25, 0.3) is 0 Å². The average Bonchev–Trinajstić information content (AvgIpc) is 2.20. The van der Waals surface area contributed by atoms with E-state index in [0.717, 1.165) is 0 Å². The van der Waals surface area contributed by atoms with Crippen LogP contribution >= 0.6 is 0 Å². The lowest BCUT2D eigenvalue weighted by Crippen LogP contribution is -2.33. The molecule has 0 spiro atoms. The van der Waals surface area contributed by atoms with Crippen LogP contribution in [0.25, 0.3) is 0 Å². The maximum atomic E-state index is 11.7. The molecular weight excluding hydrogens is 232 g/mol. The molecule has 0 saturated carbocycles. The van der Waals surface area contributed by atoms with Crippen molar-refractivity contribution in [2.75, 3.05) is 6.61 Å². The highest BCUT2D eigenvalue weighted by atomic mass is 16.6. The number of carbonyl (C=O) groups is 2. The summed E-state index contributed by atoms with van der Waals surface area (Å²) in [6.07, 6.45) is 0.252. The number of ether oxygens (including phenoxy) is 2. The first-order valence-electron chi connectivity index (χ1n) is 6.36. The first-order chi connectivity index (χ1) is 7.98. The first-order valence-corrected chi connectivity index (χ1v) is 6.36. The van der Waals surface area contributed by atoms with Crippen LogP contribution < -0.4 is 0 Å². The van der Waals surface area contributed by atoms with Crippen molar-refractivity contribution in [1.82, 2.24) is 0 Å². The number of hydrogen-bond donors (Lipinski definition) is 0. The normalized spacial score (nSPS) is 13.9. The van der Waals surface area contributed by atoms with Crippen molar-refractivity contribution in [3.63, 3.8) is 0 Å². The topological polar surface area (TPSA) is 52.6 Å². The molecule has 0 aromatic heterocycles. The van der Waals surface area contributed by atoms with Crippen molar-refractivity contribution in [1.29, 1.82) is 0 Å². The van der Waals surface area contributed by atoms with E-state index in [1.165, 1.54) is 0 Å². The lowest BCUT2D eigenvalue weighted by Gasteiger charge is -2.24. The van der Waals surface area contributed by atoms with Crippen molar-refractivity contribution in [3.8, 4) is 0 Å². The number of carbonyl (C=O) groups excluding carboxylic acids is 2. The molecule has 4 nitrogen and oxygen atoms in total. The van der Waals surface area contributed by atoms with Gasteiger partial charge in [0.1, 0.15) is 12.7 Å². The minimum atomic E-state index is -0.540. The molecule has 0 saturated heterocycles. The molecule has 0 aromatic rings. The van der Waals surface area contributed by atoms with E-state index in [1.807, 2.05) is 6.92 Å². The maximum absolute atomic E-state index is 11.7. The summed E-state index contributed by atoms with van der Waals surface area (Å²) in [5.74, 6) is -0.561. The Hall–Kier alpha value is -1.06. The minimum Gasteiger partial charge on any atom is -0.461 e. The molecule has 0 aliphatic carbocycles. The van der Waals surface area contributed by atoms with E-state index in [-0.39, 0.29) is 24.6 Å². The Kier molecular flexibility index (Phi) is 5.84. The van der Waals surface area contributed by atoms with Gasteiger partial charge in [0.15, 0.2) is 0 Å². The van der Waals surface area contributed by atoms with E-state index in [0.29, 0.717) is 6.42 Å². The summed E-state index contributed by atoms with van der Waals surface area (Å²) in [5.41, 5.74) is -1.08. The van der Waals surface area contributed by atoms with Crippen LogP contribution in [-0.4, -0.2) is 24.6 Å². The first kappa shape index (κ1) is 16.9. The van der Waals surface area contributed by atoms with Crippen molar-refractivity contribution < 1.29 is 19.1 Å². The standard InChI is InChI=1S/C14H26O4/c1-8-10(18-12(16)14(5,6)7)9-17-11(15)13(2,3)4/h10H,8-9H2,1-7H3. The lowest BCUT2D eigenvalue weighted by molar-refractivity contribution is -0.169. The van der Waals surface area contributed by atoms with Gasteiger partial charge in [-0.1, -0.05) is 6.92 Å². The molecule has 0 bridgehead atoms. The van der Waals surface area contributed by atoms with E-state index in [4.69, 9.17) is 9.47 Å². The molecule has 0 aliphatic heterocycles.